The molecule has 1 heterocycles. The standard InChI is InChI=1S/C23H27F2N2/c1-14(2)19-8-7-9-20(15(3)4)22(19)17-12-26(6)27(13-17)23-16(5)10-18(24)11-21(23)25/h7-15H,1-6H3/q+1. The third-order valence-corrected chi connectivity index (χ3v) is 5.04. The molecule has 1 aromatic heterocycles. The number of hydrogen-bond donors (Lipinski definition) is 0. The molecule has 0 spiro atoms. The number of aromatic nitrogens is 2. The topological polar surface area (TPSA) is 8.81 Å². The second-order valence-corrected chi connectivity index (χ2v) is 7.81. The van der Waals surface area contributed by atoms with Crippen LogP contribution in [-0.4, -0.2) is 4.68 Å². The fourth-order valence-electron chi connectivity index (χ4n) is 3.74. The van der Waals surface area contributed by atoms with Gasteiger partial charge in [0.25, 0.3) is 0 Å². The van der Waals surface area contributed by atoms with E-state index >= 15 is 0 Å². The Morgan fingerprint density at radius 3 is 2.07 bits per heavy atom. The predicted molar refractivity (Wildman–Crippen MR) is 105 cm³/mol. The Kier molecular flexibility index (Phi) is 5.18. The fourth-order valence-corrected chi connectivity index (χ4v) is 3.74. The Bertz CT molecular complexity index is 935. The minimum Gasteiger partial charge on any atom is -0.207 e. The van der Waals surface area contributed by atoms with E-state index in [4.69, 9.17) is 0 Å². The molecule has 0 fully saturated rings. The summed E-state index contributed by atoms with van der Waals surface area (Å²) < 4.78 is 31.6. The molecular formula is C23H27F2N2+. The lowest BCUT2D eigenvalue weighted by atomic mass is 9.86. The van der Waals surface area contributed by atoms with E-state index in [2.05, 4.69) is 45.9 Å². The van der Waals surface area contributed by atoms with Crippen LogP contribution in [-0.2, 0) is 7.05 Å². The molecule has 2 nitrogen and oxygen atoms in total. The molecule has 0 saturated carbocycles. The zero-order valence-corrected chi connectivity index (χ0v) is 16.8. The van der Waals surface area contributed by atoms with E-state index in [-0.39, 0.29) is 0 Å². The van der Waals surface area contributed by atoms with E-state index in [0.717, 1.165) is 11.6 Å². The third-order valence-electron chi connectivity index (χ3n) is 5.04. The highest BCUT2D eigenvalue weighted by Gasteiger charge is 2.23. The molecule has 0 saturated heterocycles. The maximum atomic E-state index is 14.5. The third kappa shape index (κ3) is 3.53. The van der Waals surface area contributed by atoms with Crippen molar-refractivity contribution in [3.05, 3.63) is 71.1 Å². The lowest BCUT2D eigenvalue weighted by Gasteiger charge is -2.18. The fraction of sp³-hybridized carbons (Fsp3) is 0.348. The summed E-state index contributed by atoms with van der Waals surface area (Å²) in [6.45, 7) is 10.5. The SMILES string of the molecule is Cc1cc(F)cc(F)c1-n1cc(-c2c(C(C)C)cccc2C(C)C)c[n+]1C. The first kappa shape index (κ1) is 19.3. The van der Waals surface area contributed by atoms with Crippen LogP contribution in [0.3, 0.4) is 0 Å². The Morgan fingerprint density at radius 2 is 1.56 bits per heavy atom. The monoisotopic (exact) mass is 369 g/mol. The van der Waals surface area contributed by atoms with Crippen molar-refractivity contribution in [3.63, 3.8) is 0 Å². The first-order valence-electron chi connectivity index (χ1n) is 9.38. The van der Waals surface area contributed by atoms with Crippen molar-refractivity contribution in [2.24, 2.45) is 7.05 Å². The molecule has 0 aliphatic carbocycles. The average Bonchev–Trinajstić information content (AvgIpc) is 2.94. The minimum atomic E-state index is -0.563. The quantitative estimate of drug-likeness (QED) is 0.514. The molecule has 3 aromatic rings. The molecule has 0 radical (unpaired) electrons. The Hall–Kier alpha value is -2.49. The summed E-state index contributed by atoms with van der Waals surface area (Å²) in [5, 5.41) is 0. The second kappa shape index (κ2) is 7.26. The van der Waals surface area contributed by atoms with E-state index in [0.29, 0.717) is 23.1 Å². The van der Waals surface area contributed by atoms with Gasteiger partial charge in [0, 0.05) is 6.07 Å². The Morgan fingerprint density at radius 1 is 0.963 bits per heavy atom. The summed E-state index contributed by atoms with van der Waals surface area (Å²) in [5.74, 6) is -0.379. The molecule has 0 bridgehead atoms. The van der Waals surface area contributed by atoms with Gasteiger partial charge in [0.05, 0.1) is 11.8 Å². The van der Waals surface area contributed by atoms with Crippen LogP contribution in [0.4, 0.5) is 8.78 Å². The zero-order valence-electron chi connectivity index (χ0n) is 16.8. The Balaban J connectivity index is 2.25. The van der Waals surface area contributed by atoms with Crippen molar-refractivity contribution >= 4 is 0 Å². The largest absolute Gasteiger partial charge is 0.207 e. The average molecular weight is 369 g/mol. The van der Waals surface area contributed by atoms with Crippen molar-refractivity contribution in [2.45, 2.75) is 46.5 Å². The van der Waals surface area contributed by atoms with Crippen LogP contribution >= 0.6 is 0 Å². The van der Waals surface area contributed by atoms with Gasteiger partial charge >= 0.3 is 0 Å². The smallest absolute Gasteiger partial charge is 0.203 e. The van der Waals surface area contributed by atoms with E-state index in [9.17, 15) is 8.78 Å². The molecule has 2 aromatic carbocycles. The van der Waals surface area contributed by atoms with Crippen molar-refractivity contribution < 1.29 is 13.5 Å². The molecule has 142 valence electrons. The molecule has 0 atom stereocenters. The number of benzene rings is 2. The highest BCUT2D eigenvalue weighted by molar-refractivity contribution is 5.71. The lowest BCUT2D eigenvalue weighted by molar-refractivity contribution is -0.744. The molecule has 0 N–H and O–H groups in total. The summed E-state index contributed by atoms with van der Waals surface area (Å²) in [6.07, 6.45) is 3.95. The van der Waals surface area contributed by atoms with Crippen molar-refractivity contribution in [1.29, 1.82) is 0 Å². The summed E-state index contributed by atoms with van der Waals surface area (Å²) >= 11 is 0. The van der Waals surface area contributed by atoms with Crippen LogP contribution in [0.2, 0.25) is 0 Å². The first-order chi connectivity index (χ1) is 12.7. The van der Waals surface area contributed by atoms with Gasteiger partial charge in [-0.2, -0.15) is 0 Å². The minimum absolute atomic E-state index is 0.372. The summed E-state index contributed by atoms with van der Waals surface area (Å²) in [6, 6.07) is 8.72. The zero-order chi connectivity index (χ0) is 19.9. The number of halogens is 2. The van der Waals surface area contributed by atoms with E-state index < -0.39 is 11.6 Å². The molecule has 0 amide bonds. The van der Waals surface area contributed by atoms with E-state index in [1.807, 2.05) is 24.1 Å². The van der Waals surface area contributed by atoms with Crippen LogP contribution in [0.25, 0.3) is 16.8 Å². The second-order valence-electron chi connectivity index (χ2n) is 7.81. The summed E-state index contributed by atoms with van der Waals surface area (Å²) in [7, 11) is 1.87. The summed E-state index contributed by atoms with van der Waals surface area (Å²) in [4.78, 5) is 0. The normalized spacial score (nSPS) is 11.6. The van der Waals surface area contributed by atoms with Gasteiger partial charge in [0.1, 0.15) is 11.5 Å². The lowest BCUT2D eigenvalue weighted by Crippen LogP contribution is -2.37. The maximum Gasteiger partial charge on any atom is 0.203 e. The molecular weight excluding hydrogens is 342 g/mol. The molecule has 4 heteroatoms. The maximum absolute atomic E-state index is 14.5. The predicted octanol–water partition coefficient (Wildman–Crippen LogP) is 5.80. The highest BCUT2D eigenvalue weighted by Crippen LogP contribution is 2.36. The van der Waals surface area contributed by atoms with Gasteiger partial charge in [-0.15, -0.1) is 9.36 Å². The number of rotatable bonds is 4. The summed E-state index contributed by atoms with van der Waals surface area (Å²) in [5.41, 5.74) is 5.72. The van der Waals surface area contributed by atoms with Crippen LogP contribution in [0.1, 0.15) is 56.2 Å². The van der Waals surface area contributed by atoms with Crippen LogP contribution in [0.5, 0.6) is 0 Å². The molecule has 27 heavy (non-hydrogen) atoms. The van der Waals surface area contributed by atoms with Gasteiger partial charge < -0.3 is 0 Å². The van der Waals surface area contributed by atoms with E-state index in [1.54, 1.807) is 11.6 Å². The van der Waals surface area contributed by atoms with Crippen molar-refractivity contribution in [2.75, 3.05) is 0 Å². The van der Waals surface area contributed by atoms with Gasteiger partial charge in [-0.05, 0) is 47.1 Å². The number of nitrogens with zero attached hydrogens (tertiary/aromatic N) is 2. The number of aryl methyl sites for hydroxylation is 2. The van der Waals surface area contributed by atoms with Crippen LogP contribution in [0.15, 0.2) is 42.7 Å². The van der Waals surface area contributed by atoms with Gasteiger partial charge in [-0.25, -0.2) is 8.78 Å². The molecule has 0 aliphatic heterocycles. The number of hydrogen-bond acceptors (Lipinski definition) is 0. The molecule has 3 rings (SSSR count). The van der Waals surface area contributed by atoms with Gasteiger partial charge in [-0.3, -0.25) is 0 Å². The molecule has 0 unspecified atom stereocenters. The van der Waals surface area contributed by atoms with Crippen LogP contribution in [0, 0.1) is 18.6 Å². The van der Waals surface area contributed by atoms with Crippen LogP contribution < -0.4 is 4.68 Å². The van der Waals surface area contributed by atoms with Gasteiger partial charge in [0.15, 0.2) is 12.9 Å². The Labute approximate surface area is 160 Å². The first-order valence-corrected chi connectivity index (χ1v) is 9.38. The van der Waals surface area contributed by atoms with Gasteiger partial charge in [0.2, 0.25) is 6.20 Å². The van der Waals surface area contributed by atoms with Gasteiger partial charge in [-0.1, -0.05) is 45.9 Å². The van der Waals surface area contributed by atoms with E-state index in [1.165, 1.54) is 22.8 Å². The van der Waals surface area contributed by atoms with Crippen molar-refractivity contribution in [3.8, 4) is 16.8 Å². The van der Waals surface area contributed by atoms with Crippen molar-refractivity contribution in [1.82, 2.24) is 4.68 Å². The highest BCUT2D eigenvalue weighted by atomic mass is 19.1. The molecule has 0 aliphatic rings.